The Morgan fingerprint density at radius 3 is 2.88 bits per heavy atom. The Hall–Kier alpha value is -1.43. The van der Waals surface area contributed by atoms with E-state index in [1.54, 1.807) is 24.0 Å². The number of hydrogen-bond donors (Lipinski definition) is 2. The average Bonchev–Trinajstić information content (AvgIpc) is 2.65. The first-order valence-corrected chi connectivity index (χ1v) is 5.39. The molecule has 6 heteroatoms. The number of aliphatic hydroxyl groups is 1. The van der Waals surface area contributed by atoms with E-state index in [9.17, 15) is 4.79 Å². The van der Waals surface area contributed by atoms with Crippen molar-refractivity contribution in [2.75, 3.05) is 0 Å². The van der Waals surface area contributed by atoms with Crippen LogP contribution in [0, 0.1) is 0 Å². The second kappa shape index (κ2) is 6.22. The van der Waals surface area contributed by atoms with Gasteiger partial charge >= 0.3 is 0 Å². The topological polar surface area (TPSA) is 80.0 Å². The van der Waals surface area contributed by atoms with Crippen molar-refractivity contribution in [1.82, 2.24) is 20.3 Å². The van der Waals surface area contributed by atoms with Gasteiger partial charge in [-0.25, -0.2) is 0 Å². The van der Waals surface area contributed by atoms with Gasteiger partial charge in [0.15, 0.2) is 0 Å². The van der Waals surface area contributed by atoms with E-state index in [2.05, 4.69) is 15.6 Å². The standard InChI is InChI=1S/C10H18N4O2/c1-8(7-9(2)15)12-10(16)3-5-14-6-4-11-13-14/h4,6,8-9,15H,3,5,7H2,1-2H3,(H,12,16). The Balaban J connectivity index is 2.20. The lowest BCUT2D eigenvalue weighted by Gasteiger charge is -2.15. The molecule has 0 spiro atoms. The molecule has 2 atom stereocenters. The summed E-state index contributed by atoms with van der Waals surface area (Å²) in [7, 11) is 0. The van der Waals surface area contributed by atoms with Crippen molar-refractivity contribution in [2.45, 2.75) is 45.4 Å². The van der Waals surface area contributed by atoms with E-state index in [-0.39, 0.29) is 11.9 Å². The lowest BCUT2D eigenvalue weighted by Crippen LogP contribution is -2.35. The molecular formula is C10H18N4O2. The van der Waals surface area contributed by atoms with Crippen molar-refractivity contribution in [3.63, 3.8) is 0 Å². The quantitative estimate of drug-likeness (QED) is 0.712. The Bertz CT molecular complexity index is 311. The van der Waals surface area contributed by atoms with Crippen molar-refractivity contribution in [3.8, 4) is 0 Å². The molecule has 90 valence electrons. The van der Waals surface area contributed by atoms with Gasteiger partial charge in [0.2, 0.25) is 5.91 Å². The summed E-state index contributed by atoms with van der Waals surface area (Å²) in [5, 5.41) is 19.4. The zero-order valence-electron chi connectivity index (χ0n) is 9.63. The van der Waals surface area contributed by atoms with Crippen LogP contribution in [0.1, 0.15) is 26.7 Å². The third-order valence-corrected chi connectivity index (χ3v) is 2.14. The van der Waals surface area contributed by atoms with Crippen molar-refractivity contribution >= 4 is 5.91 Å². The molecule has 6 nitrogen and oxygen atoms in total. The van der Waals surface area contributed by atoms with E-state index in [4.69, 9.17) is 5.11 Å². The minimum Gasteiger partial charge on any atom is -0.393 e. The van der Waals surface area contributed by atoms with Crippen molar-refractivity contribution < 1.29 is 9.90 Å². The van der Waals surface area contributed by atoms with Gasteiger partial charge in [0, 0.05) is 18.7 Å². The Morgan fingerprint density at radius 1 is 1.56 bits per heavy atom. The third kappa shape index (κ3) is 4.88. The Labute approximate surface area is 94.7 Å². The lowest BCUT2D eigenvalue weighted by molar-refractivity contribution is -0.122. The summed E-state index contributed by atoms with van der Waals surface area (Å²) >= 11 is 0. The number of hydrogen-bond acceptors (Lipinski definition) is 4. The molecule has 0 aromatic carbocycles. The predicted octanol–water partition coefficient (Wildman–Crippen LogP) is -0.0562. The second-order valence-corrected chi connectivity index (χ2v) is 3.97. The first kappa shape index (κ1) is 12.6. The van der Waals surface area contributed by atoms with Crippen LogP contribution in [0.2, 0.25) is 0 Å². The molecule has 0 aliphatic heterocycles. The number of carbonyl (C=O) groups excluding carboxylic acids is 1. The number of nitrogens with zero attached hydrogens (tertiary/aromatic N) is 3. The molecule has 2 unspecified atom stereocenters. The normalized spacial score (nSPS) is 14.4. The monoisotopic (exact) mass is 226 g/mol. The molecule has 0 aliphatic carbocycles. The fraction of sp³-hybridized carbons (Fsp3) is 0.700. The largest absolute Gasteiger partial charge is 0.393 e. The Kier molecular flexibility index (Phi) is 4.91. The summed E-state index contributed by atoms with van der Waals surface area (Å²) in [5.74, 6) is -0.0383. The van der Waals surface area contributed by atoms with E-state index >= 15 is 0 Å². The molecule has 0 bridgehead atoms. The zero-order chi connectivity index (χ0) is 12.0. The van der Waals surface area contributed by atoms with Crippen LogP contribution >= 0.6 is 0 Å². The highest BCUT2D eigenvalue weighted by atomic mass is 16.3. The van der Waals surface area contributed by atoms with Gasteiger partial charge in [-0.15, -0.1) is 5.10 Å². The molecular weight excluding hydrogens is 208 g/mol. The van der Waals surface area contributed by atoms with Crippen LogP contribution in [0.4, 0.5) is 0 Å². The maximum absolute atomic E-state index is 11.5. The second-order valence-electron chi connectivity index (χ2n) is 3.97. The molecule has 0 aliphatic rings. The molecule has 1 rings (SSSR count). The van der Waals surface area contributed by atoms with Gasteiger partial charge in [-0.05, 0) is 20.3 Å². The van der Waals surface area contributed by atoms with Gasteiger partial charge in [-0.2, -0.15) is 0 Å². The number of aryl methyl sites for hydroxylation is 1. The minimum atomic E-state index is -0.398. The molecule has 1 heterocycles. The fourth-order valence-electron chi connectivity index (χ4n) is 1.49. The Morgan fingerprint density at radius 2 is 2.31 bits per heavy atom. The molecule has 16 heavy (non-hydrogen) atoms. The highest BCUT2D eigenvalue weighted by molar-refractivity contribution is 5.76. The number of aromatic nitrogens is 3. The van der Waals surface area contributed by atoms with E-state index in [0.717, 1.165) is 0 Å². The maximum Gasteiger partial charge on any atom is 0.222 e. The third-order valence-electron chi connectivity index (χ3n) is 2.14. The van der Waals surface area contributed by atoms with Gasteiger partial charge in [0.05, 0.1) is 18.8 Å². The lowest BCUT2D eigenvalue weighted by atomic mass is 10.1. The van der Waals surface area contributed by atoms with Crippen LogP contribution in [0.25, 0.3) is 0 Å². The van der Waals surface area contributed by atoms with E-state index < -0.39 is 6.10 Å². The summed E-state index contributed by atoms with van der Waals surface area (Å²) in [6.07, 6.45) is 3.83. The maximum atomic E-state index is 11.5. The van der Waals surface area contributed by atoms with E-state index in [1.165, 1.54) is 0 Å². The van der Waals surface area contributed by atoms with Crippen LogP contribution in [-0.4, -0.2) is 38.2 Å². The summed E-state index contributed by atoms with van der Waals surface area (Å²) in [6, 6.07) is -0.0109. The van der Waals surface area contributed by atoms with E-state index in [0.29, 0.717) is 19.4 Å². The highest BCUT2D eigenvalue weighted by Crippen LogP contribution is 1.97. The van der Waals surface area contributed by atoms with Crippen molar-refractivity contribution in [2.24, 2.45) is 0 Å². The fourth-order valence-corrected chi connectivity index (χ4v) is 1.49. The van der Waals surface area contributed by atoms with Crippen LogP contribution < -0.4 is 5.32 Å². The first-order valence-electron chi connectivity index (χ1n) is 5.39. The molecule has 0 saturated carbocycles. The first-order chi connectivity index (χ1) is 7.58. The molecule has 0 radical (unpaired) electrons. The number of carbonyl (C=O) groups is 1. The number of aliphatic hydroxyl groups excluding tert-OH is 1. The highest BCUT2D eigenvalue weighted by Gasteiger charge is 2.09. The van der Waals surface area contributed by atoms with Crippen LogP contribution in [0.5, 0.6) is 0 Å². The smallest absolute Gasteiger partial charge is 0.222 e. The summed E-state index contributed by atoms with van der Waals surface area (Å²) in [6.45, 7) is 4.10. The molecule has 1 amide bonds. The van der Waals surface area contributed by atoms with Gasteiger partial charge in [-0.3, -0.25) is 9.48 Å². The van der Waals surface area contributed by atoms with E-state index in [1.807, 2.05) is 6.92 Å². The van der Waals surface area contributed by atoms with Gasteiger partial charge in [0.1, 0.15) is 0 Å². The van der Waals surface area contributed by atoms with Crippen LogP contribution in [0.15, 0.2) is 12.4 Å². The molecule has 0 fully saturated rings. The van der Waals surface area contributed by atoms with Gasteiger partial charge in [0.25, 0.3) is 0 Å². The number of rotatable bonds is 6. The molecule has 1 aromatic heterocycles. The van der Waals surface area contributed by atoms with Crippen LogP contribution in [0.3, 0.4) is 0 Å². The van der Waals surface area contributed by atoms with Crippen LogP contribution in [-0.2, 0) is 11.3 Å². The number of nitrogens with one attached hydrogen (secondary N) is 1. The molecule has 1 aromatic rings. The average molecular weight is 226 g/mol. The zero-order valence-corrected chi connectivity index (χ0v) is 9.63. The molecule has 2 N–H and O–H groups in total. The van der Waals surface area contributed by atoms with Crippen molar-refractivity contribution in [1.29, 1.82) is 0 Å². The number of amides is 1. The summed E-state index contributed by atoms with van der Waals surface area (Å²) in [5.41, 5.74) is 0. The van der Waals surface area contributed by atoms with Gasteiger partial charge in [-0.1, -0.05) is 5.21 Å². The molecule has 0 saturated heterocycles. The summed E-state index contributed by atoms with van der Waals surface area (Å²) < 4.78 is 1.61. The van der Waals surface area contributed by atoms with Crippen molar-refractivity contribution in [3.05, 3.63) is 12.4 Å². The van der Waals surface area contributed by atoms with Gasteiger partial charge < -0.3 is 10.4 Å². The predicted molar refractivity (Wildman–Crippen MR) is 58.5 cm³/mol. The summed E-state index contributed by atoms with van der Waals surface area (Å²) in [4.78, 5) is 11.5. The minimum absolute atomic E-state index is 0.0109. The SMILES string of the molecule is CC(O)CC(C)NC(=O)CCn1ccnn1.